The van der Waals surface area contributed by atoms with Crippen molar-refractivity contribution in [2.45, 2.75) is 52.6 Å². The fourth-order valence-corrected chi connectivity index (χ4v) is 6.11. The van der Waals surface area contributed by atoms with E-state index in [0.717, 1.165) is 16.9 Å². The summed E-state index contributed by atoms with van der Waals surface area (Å²) in [5.74, 6) is -0.0496. The van der Waals surface area contributed by atoms with E-state index in [1.807, 2.05) is 54.0 Å². The van der Waals surface area contributed by atoms with Gasteiger partial charge >= 0.3 is 5.97 Å². The number of ether oxygens (including phenoxy) is 1. The van der Waals surface area contributed by atoms with Crippen molar-refractivity contribution >= 4 is 38.9 Å². The van der Waals surface area contributed by atoms with Gasteiger partial charge in [-0.2, -0.15) is 0 Å². The largest absolute Gasteiger partial charge is 0.748 e. The zero-order valence-electron chi connectivity index (χ0n) is 24.9. The Hall–Kier alpha value is -3.95. The van der Waals surface area contributed by atoms with Gasteiger partial charge in [-0.05, 0) is 50.1 Å². The number of aromatic nitrogens is 2. The lowest BCUT2D eigenvalue weighted by atomic mass is 9.84. The minimum absolute atomic E-state index is 0.0843. The van der Waals surface area contributed by atoms with E-state index in [1.165, 1.54) is 16.9 Å². The number of fused-ring (bicyclic) bond motifs is 2. The fourth-order valence-electron chi connectivity index (χ4n) is 5.63. The van der Waals surface area contributed by atoms with Crippen LogP contribution in [-0.2, 0) is 33.4 Å². The predicted octanol–water partition coefficient (Wildman–Crippen LogP) is 5.50. The summed E-state index contributed by atoms with van der Waals surface area (Å²) >= 11 is 0. The SMILES string of the molecule is CCOC(=O)c1ccc2c(c1)n(CCCS(=O)(=O)[O-])c(/C=C/C=C/C=C/C=C1/N(C)c3ccccc3C1(C)C)[n+]2CC. The van der Waals surface area contributed by atoms with Gasteiger partial charge in [-0.25, -0.2) is 22.3 Å². The van der Waals surface area contributed by atoms with Gasteiger partial charge in [0, 0.05) is 41.7 Å². The number of hydrogen-bond donors (Lipinski definition) is 0. The number of imidazole rings is 1. The molecule has 2 heterocycles. The molecule has 1 aromatic heterocycles. The number of benzene rings is 2. The molecule has 0 saturated heterocycles. The van der Waals surface area contributed by atoms with Crippen molar-refractivity contribution in [3.63, 3.8) is 0 Å². The fraction of sp³-hybridized carbons (Fsp3) is 0.333. The Kier molecular flexibility index (Phi) is 9.53. The van der Waals surface area contributed by atoms with Gasteiger partial charge in [0.2, 0.25) is 0 Å². The van der Waals surface area contributed by atoms with Gasteiger partial charge in [-0.3, -0.25) is 0 Å². The van der Waals surface area contributed by atoms with E-state index >= 15 is 0 Å². The number of aryl methyl sites for hydroxylation is 2. The monoisotopic (exact) mass is 589 g/mol. The highest BCUT2D eigenvalue weighted by Gasteiger charge is 2.37. The second-order valence-electron chi connectivity index (χ2n) is 10.7. The number of anilines is 1. The Balaban J connectivity index is 1.59. The van der Waals surface area contributed by atoms with Crippen molar-refractivity contribution < 1.29 is 27.1 Å². The first-order valence-electron chi connectivity index (χ1n) is 14.2. The normalized spacial score (nSPS) is 16.0. The van der Waals surface area contributed by atoms with Gasteiger partial charge in [0.1, 0.15) is 0 Å². The highest BCUT2D eigenvalue weighted by Crippen LogP contribution is 2.46. The molecule has 0 unspecified atom stereocenters. The molecular weight excluding hydrogens is 550 g/mol. The molecule has 2 aromatic carbocycles. The zero-order valence-corrected chi connectivity index (χ0v) is 25.7. The second-order valence-corrected chi connectivity index (χ2v) is 12.2. The molecule has 0 saturated carbocycles. The van der Waals surface area contributed by atoms with E-state index < -0.39 is 21.8 Å². The summed E-state index contributed by atoms with van der Waals surface area (Å²) in [6.07, 6.45) is 14.1. The maximum atomic E-state index is 12.4. The number of esters is 1. The molecule has 0 aliphatic carbocycles. The smallest absolute Gasteiger partial charge is 0.338 e. The Morgan fingerprint density at radius 1 is 1.05 bits per heavy atom. The standard InChI is InChI=1S/C33H39N3O5S/c1-6-35-28-21-20-25(32(37)41-7-2)24-29(28)36(22-15-23-42(38,39)40)31(35)19-12-10-8-9-11-18-30-33(3,4)26-16-13-14-17-27(26)34(30)5/h8-14,16-21,24H,6-7,15,22-23H2,1-5H3. The lowest BCUT2D eigenvalue weighted by Crippen LogP contribution is -2.35. The average Bonchev–Trinajstić information content (AvgIpc) is 3.34. The number of nitrogens with zero attached hydrogens (tertiary/aromatic N) is 3. The van der Waals surface area contributed by atoms with Crippen LogP contribution >= 0.6 is 0 Å². The third-order valence-corrected chi connectivity index (χ3v) is 8.39. The maximum absolute atomic E-state index is 12.4. The van der Waals surface area contributed by atoms with Crippen LogP contribution in [0.15, 0.2) is 84.6 Å². The summed E-state index contributed by atoms with van der Waals surface area (Å²) in [6, 6.07) is 13.8. The molecule has 8 nitrogen and oxygen atoms in total. The minimum atomic E-state index is -4.34. The number of rotatable bonds is 11. The van der Waals surface area contributed by atoms with Crippen LogP contribution in [0.5, 0.6) is 0 Å². The van der Waals surface area contributed by atoms with Crippen LogP contribution in [0.1, 0.15) is 55.9 Å². The van der Waals surface area contributed by atoms with E-state index in [1.54, 1.807) is 19.1 Å². The Labute approximate surface area is 248 Å². The van der Waals surface area contributed by atoms with Crippen molar-refractivity contribution in [1.29, 1.82) is 0 Å². The summed E-state index contributed by atoms with van der Waals surface area (Å²) in [4.78, 5) is 14.6. The van der Waals surface area contributed by atoms with E-state index in [2.05, 4.69) is 60.7 Å². The summed E-state index contributed by atoms with van der Waals surface area (Å²) in [6.45, 7) is 9.47. The minimum Gasteiger partial charge on any atom is -0.748 e. The molecule has 0 amide bonds. The molecule has 4 rings (SSSR count). The molecule has 42 heavy (non-hydrogen) atoms. The van der Waals surface area contributed by atoms with Gasteiger partial charge in [-0.1, -0.05) is 62.4 Å². The number of hydrogen-bond acceptors (Lipinski definition) is 6. The van der Waals surface area contributed by atoms with Crippen LogP contribution in [-0.4, -0.2) is 42.9 Å². The Morgan fingerprint density at radius 3 is 2.45 bits per heavy atom. The summed E-state index contributed by atoms with van der Waals surface area (Å²) in [5.41, 5.74) is 5.75. The summed E-state index contributed by atoms with van der Waals surface area (Å²) < 4.78 is 43.0. The topological polar surface area (TPSA) is 95.5 Å². The lowest BCUT2D eigenvalue weighted by Gasteiger charge is -2.23. The molecule has 3 aromatic rings. The number of carbonyl (C=O) groups excluding carboxylic acids is 1. The lowest BCUT2D eigenvalue weighted by molar-refractivity contribution is -0.670. The average molecular weight is 590 g/mol. The third kappa shape index (κ3) is 6.58. The molecule has 1 aliphatic heterocycles. The van der Waals surface area contributed by atoms with Crippen molar-refractivity contribution in [1.82, 2.24) is 4.57 Å². The number of likely N-dealkylation sites (N-methyl/N-ethyl adjacent to an activating group) is 1. The number of para-hydroxylation sites is 1. The highest BCUT2D eigenvalue weighted by molar-refractivity contribution is 7.85. The molecule has 0 atom stereocenters. The second kappa shape index (κ2) is 12.9. The van der Waals surface area contributed by atoms with Crippen LogP contribution in [0.2, 0.25) is 0 Å². The van der Waals surface area contributed by atoms with Crippen LogP contribution in [0.25, 0.3) is 17.1 Å². The molecule has 0 radical (unpaired) electrons. The van der Waals surface area contributed by atoms with Gasteiger partial charge < -0.3 is 14.2 Å². The quantitative estimate of drug-likeness (QED) is 0.127. The van der Waals surface area contributed by atoms with Crippen molar-refractivity contribution in [2.24, 2.45) is 0 Å². The Bertz CT molecular complexity index is 1690. The van der Waals surface area contributed by atoms with Gasteiger partial charge in [0.05, 0.1) is 35.4 Å². The van der Waals surface area contributed by atoms with E-state index in [0.29, 0.717) is 18.7 Å². The molecule has 0 N–H and O–H groups in total. The van der Waals surface area contributed by atoms with Crippen LogP contribution < -0.4 is 9.47 Å². The maximum Gasteiger partial charge on any atom is 0.338 e. The zero-order chi connectivity index (χ0) is 30.5. The predicted molar refractivity (Wildman–Crippen MR) is 166 cm³/mol. The molecular formula is C33H39N3O5S. The summed E-state index contributed by atoms with van der Waals surface area (Å²) in [5, 5.41) is 0. The first-order chi connectivity index (χ1) is 20.0. The number of carbonyl (C=O) groups is 1. The van der Waals surface area contributed by atoms with Gasteiger partial charge in [-0.15, -0.1) is 0 Å². The first kappa shape index (κ1) is 31.0. The van der Waals surface area contributed by atoms with Crippen molar-refractivity contribution in [3.8, 4) is 0 Å². The van der Waals surface area contributed by atoms with Crippen molar-refractivity contribution in [2.75, 3.05) is 24.3 Å². The Morgan fingerprint density at radius 2 is 1.76 bits per heavy atom. The molecule has 0 fully saturated rings. The van der Waals surface area contributed by atoms with Crippen molar-refractivity contribution in [3.05, 3.63) is 102 Å². The van der Waals surface area contributed by atoms with Crippen LogP contribution in [0, 0.1) is 0 Å². The third-order valence-electron chi connectivity index (χ3n) is 7.60. The molecule has 9 heteroatoms. The molecule has 1 aliphatic rings. The van der Waals surface area contributed by atoms with E-state index in [-0.39, 0.29) is 18.4 Å². The molecule has 0 bridgehead atoms. The summed E-state index contributed by atoms with van der Waals surface area (Å²) in [7, 11) is -2.25. The molecule has 222 valence electrons. The van der Waals surface area contributed by atoms with Gasteiger partial charge in [0.15, 0.2) is 11.0 Å². The van der Waals surface area contributed by atoms with Crippen LogP contribution in [0.3, 0.4) is 0 Å². The van der Waals surface area contributed by atoms with Gasteiger partial charge in [0.25, 0.3) is 5.82 Å². The first-order valence-corrected chi connectivity index (χ1v) is 15.8. The number of allylic oxidation sites excluding steroid dienone is 7. The van der Waals surface area contributed by atoms with E-state index in [4.69, 9.17) is 4.74 Å². The van der Waals surface area contributed by atoms with Crippen LogP contribution in [0.4, 0.5) is 5.69 Å². The molecule has 0 spiro atoms. The van der Waals surface area contributed by atoms with E-state index in [9.17, 15) is 17.8 Å². The highest BCUT2D eigenvalue weighted by atomic mass is 32.2.